The molecule has 0 spiro atoms. The summed E-state index contributed by atoms with van der Waals surface area (Å²) in [7, 11) is 1.59. The zero-order valence-electron chi connectivity index (χ0n) is 12.5. The van der Waals surface area contributed by atoms with Crippen molar-refractivity contribution in [1.29, 1.82) is 0 Å². The topological polar surface area (TPSA) is 38.2 Å². The molecule has 2 aromatic carbocycles. The van der Waals surface area contributed by atoms with Gasteiger partial charge >= 0.3 is 0 Å². The maximum absolute atomic E-state index is 9.29. The zero-order valence-corrected chi connectivity index (χ0v) is 12.5. The lowest BCUT2D eigenvalue weighted by Gasteiger charge is -2.01. The van der Waals surface area contributed by atoms with Crippen LogP contribution in [0.15, 0.2) is 59.9 Å². The van der Waals surface area contributed by atoms with E-state index in [1.54, 1.807) is 43.5 Å². The van der Waals surface area contributed by atoms with Gasteiger partial charge in [-0.15, -0.1) is 0 Å². The van der Waals surface area contributed by atoms with Crippen LogP contribution in [0.3, 0.4) is 0 Å². The quantitative estimate of drug-likeness (QED) is 0.661. The molecule has 0 atom stereocenters. The molecule has 112 valence electrons. The minimum Gasteiger partial charge on any atom is -0.508 e. The van der Waals surface area contributed by atoms with Crippen LogP contribution in [0, 0.1) is 13.1 Å². The van der Waals surface area contributed by atoms with E-state index in [-0.39, 0.29) is 17.1 Å². The first-order valence-electron chi connectivity index (χ1n) is 6.78. The van der Waals surface area contributed by atoms with Gasteiger partial charge in [-0.1, -0.05) is 36.4 Å². The lowest BCUT2D eigenvalue weighted by atomic mass is 10.1. The number of hydrogen-bond acceptors (Lipinski definition) is 2. The van der Waals surface area contributed by atoms with Crippen LogP contribution < -0.4 is 4.74 Å². The molecule has 0 aliphatic heterocycles. The van der Waals surface area contributed by atoms with Gasteiger partial charge in [0, 0.05) is 0 Å². The van der Waals surface area contributed by atoms with Crippen molar-refractivity contribution in [2.24, 2.45) is 0 Å². The normalized spacial score (nSPS) is 11.4. The average molecular weight is 302 g/mol. The van der Waals surface area contributed by atoms with Gasteiger partial charge in [0.1, 0.15) is 11.5 Å². The van der Waals surface area contributed by atoms with E-state index in [0.29, 0.717) is 0 Å². The first kappa shape index (κ1) is 15.9. The third-order valence-electron chi connectivity index (χ3n) is 3.12. The molecule has 0 heterocycles. The number of nitrogens with zero attached hydrogens (tertiary/aromatic N) is 2. The van der Waals surface area contributed by atoms with Crippen molar-refractivity contribution in [2.75, 3.05) is 7.11 Å². The van der Waals surface area contributed by atoms with Crippen molar-refractivity contribution in [3.63, 3.8) is 0 Å². The van der Waals surface area contributed by atoms with Crippen molar-refractivity contribution in [3.8, 4) is 11.5 Å². The molecule has 0 bridgehead atoms. The van der Waals surface area contributed by atoms with Gasteiger partial charge in [-0.05, 0) is 35.4 Å². The molecule has 4 heteroatoms. The third-order valence-corrected chi connectivity index (χ3v) is 3.12. The largest absolute Gasteiger partial charge is 0.508 e. The number of phenolic OH excluding ortho intramolecular Hbond substituents is 1. The van der Waals surface area contributed by atoms with Gasteiger partial charge in [0.25, 0.3) is 0 Å². The molecule has 4 nitrogen and oxygen atoms in total. The smallest absolute Gasteiger partial charge is 0.195 e. The molecule has 0 amide bonds. The molecule has 0 unspecified atom stereocenters. The highest BCUT2D eigenvalue weighted by molar-refractivity contribution is 5.69. The van der Waals surface area contributed by atoms with Gasteiger partial charge in [-0.25, -0.2) is 0 Å². The van der Waals surface area contributed by atoms with E-state index < -0.39 is 0 Å². The Labute approximate surface area is 135 Å². The summed E-state index contributed by atoms with van der Waals surface area (Å²) in [4.78, 5) is 6.91. The van der Waals surface area contributed by atoms with Crippen molar-refractivity contribution >= 4 is 12.2 Å². The summed E-state index contributed by atoms with van der Waals surface area (Å²) in [5.74, 6) is 0.891. The third kappa shape index (κ3) is 4.23. The highest BCUT2D eigenvalue weighted by atomic mass is 16.5. The van der Waals surface area contributed by atoms with Crippen LogP contribution in [0.1, 0.15) is 11.1 Å². The Morgan fingerprint density at radius 1 is 0.870 bits per heavy atom. The lowest BCUT2D eigenvalue weighted by molar-refractivity contribution is 0.415. The van der Waals surface area contributed by atoms with Crippen LogP contribution in [-0.2, 0) is 0 Å². The summed E-state index contributed by atoms with van der Waals surface area (Å²) in [6.07, 6.45) is 3.29. The highest BCUT2D eigenvalue weighted by Crippen LogP contribution is 2.22. The van der Waals surface area contributed by atoms with Gasteiger partial charge in [0.2, 0.25) is 0 Å². The maximum atomic E-state index is 9.29. The van der Waals surface area contributed by atoms with E-state index in [9.17, 15) is 5.11 Å². The molecule has 0 saturated carbocycles. The molecule has 2 aromatic rings. The van der Waals surface area contributed by atoms with Crippen LogP contribution in [0.5, 0.6) is 11.5 Å². The molecule has 2 rings (SSSR count). The second-order valence-electron chi connectivity index (χ2n) is 4.65. The Morgan fingerprint density at radius 3 is 1.70 bits per heavy atom. The van der Waals surface area contributed by atoms with Crippen LogP contribution in [-0.4, -0.2) is 12.2 Å². The maximum Gasteiger partial charge on any atom is 0.195 e. The van der Waals surface area contributed by atoms with Crippen molar-refractivity contribution in [1.82, 2.24) is 0 Å². The fourth-order valence-electron chi connectivity index (χ4n) is 1.91. The first-order chi connectivity index (χ1) is 11.2. The number of phenols is 1. The summed E-state index contributed by atoms with van der Waals surface area (Å²) in [5.41, 5.74) is 2.08. The van der Waals surface area contributed by atoms with Gasteiger partial charge in [-0.2, -0.15) is 0 Å². The number of methoxy groups -OCH3 is 1. The van der Waals surface area contributed by atoms with Crippen molar-refractivity contribution < 1.29 is 9.84 Å². The van der Waals surface area contributed by atoms with E-state index in [2.05, 4.69) is 9.69 Å². The average Bonchev–Trinajstić information content (AvgIpc) is 2.60. The highest BCUT2D eigenvalue weighted by Gasteiger charge is 2.06. The number of ether oxygens (including phenoxy) is 1. The van der Waals surface area contributed by atoms with Crippen molar-refractivity contribution in [3.05, 3.63) is 93.9 Å². The molecule has 0 radical (unpaired) electrons. The lowest BCUT2D eigenvalue weighted by Crippen LogP contribution is -1.84. The van der Waals surface area contributed by atoms with Gasteiger partial charge in [-0.3, -0.25) is 9.69 Å². The zero-order chi connectivity index (χ0) is 16.7. The van der Waals surface area contributed by atoms with E-state index in [1.807, 2.05) is 12.1 Å². The summed E-state index contributed by atoms with van der Waals surface area (Å²) in [6, 6.07) is 13.7. The van der Waals surface area contributed by atoms with Crippen LogP contribution in [0.4, 0.5) is 0 Å². The summed E-state index contributed by atoms with van der Waals surface area (Å²) < 4.78 is 5.10. The van der Waals surface area contributed by atoms with Gasteiger partial charge in [0.05, 0.1) is 20.3 Å². The number of aromatic hydroxyl groups is 1. The standard InChI is InChI=1S/C19H14N2O2/c1-20-18(12-14-4-8-16(22)9-5-14)19(21-2)13-15-6-10-17(23-3)11-7-15/h4-13,22H,3H3/b18-12-,19-13-. The monoisotopic (exact) mass is 302 g/mol. The molecule has 1 N–H and O–H groups in total. The predicted molar refractivity (Wildman–Crippen MR) is 90.3 cm³/mol. The molecular weight excluding hydrogens is 288 g/mol. The second-order valence-corrected chi connectivity index (χ2v) is 4.65. The second kappa shape index (κ2) is 7.49. The molecule has 0 saturated heterocycles. The van der Waals surface area contributed by atoms with E-state index in [0.717, 1.165) is 16.9 Å². The Morgan fingerprint density at radius 2 is 1.30 bits per heavy atom. The molecule has 23 heavy (non-hydrogen) atoms. The van der Waals surface area contributed by atoms with Crippen LogP contribution in [0.2, 0.25) is 0 Å². The van der Waals surface area contributed by atoms with Gasteiger partial charge < -0.3 is 9.84 Å². The Balaban J connectivity index is 2.36. The Hall–Kier alpha value is -3.50. The number of rotatable bonds is 4. The molecule has 0 aliphatic carbocycles. The fourth-order valence-corrected chi connectivity index (χ4v) is 1.91. The number of hydrogen-bond donors (Lipinski definition) is 1. The molecule has 0 aliphatic rings. The summed E-state index contributed by atoms with van der Waals surface area (Å²) >= 11 is 0. The van der Waals surface area contributed by atoms with E-state index in [1.165, 1.54) is 12.1 Å². The van der Waals surface area contributed by atoms with Crippen molar-refractivity contribution in [2.45, 2.75) is 0 Å². The summed E-state index contributed by atoms with van der Waals surface area (Å²) in [5, 5.41) is 9.29. The predicted octanol–water partition coefficient (Wildman–Crippen LogP) is 4.62. The summed E-state index contributed by atoms with van der Waals surface area (Å²) in [6.45, 7) is 14.6. The fraction of sp³-hybridized carbons (Fsp3) is 0.0526. The Bertz CT molecular complexity index is 818. The molecular formula is C19H14N2O2. The Kier molecular flexibility index (Phi) is 5.17. The van der Waals surface area contributed by atoms with E-state index in [4.69, 9.17) is 17.9 Å². The molecule has 0 fully saturated rings. The van der Waals surface area contributed by atoms with Crippen LogP contribution in [0.25, 0.3) is 21.8 Å². The minimum atomic E-state index is 0.158. The first-order valence-corrected chi connectivity index (χ1v) is 6.78. The molecule has 0 aromatic heterocycles. The van der Waals surface area contributed by atoms with Crippen LogP contribution >= 0.6 is 0 Å². The SMILES string of the molecule is [C-]#[N+]C(=C\c1ccc(O)cc1)/C(=C/c1ccc(OC)cc1)[N+]#[C-]. The number of benzene rings is 2. The minimum absolute atomic E-state index is 0.158. The van der Waals surface area contributed by atoms with Gasteiger partial charge in [0.15, 0.2) is 11.4 Å². The van der Waals surface area contributed by atoms with E-state index >= 15 is 0 Å².